The predicted octanol–water partition coefficient (Wildman–Crippen LogP) is 6.44. The number of esters is 3. The van der Waals surface area contributed by atoms with Crippen LogP contribution in [0.1, 0.15) is 56.9 Å². The Labute approximate surface area is 371 Å². The largest absolute Gasteiger partial charge is 0.463 e. The number of carbonyl (C=O) groups excluding carboxylic acids is 3. The van der Waals surface area contributed by atoms with E-state index in [4.69, 9.17) is 52.4 Å². The molecule has 3 aliphatic rings. The summed E-state index contributed by atoms with van der Waals surface area (Å²) in [6.07, 6.45) is -9.19. The number of aliphatic imine (C=N–C) groups is 1. The Balaban J connectivity index is 1.34. The van der Waals surface area contributed by atoms with E-state index in [-0.39, 0.29) is 19.8 Å². The van der Waals surface area contributed by atoms with Crippen molar-refractivity contribution in [1.29, 1.82) is 0 Å². The van der Waals surface area contributed by atoms with Gasteiger partial charge in [-0.15, -0.1) is 0 Å². The molecule has 4 aromatic carbocycles. The van der Waals surface area contributed by atoms with E-state index >= 15 is 0 Å². The van der Waals surface area contributed by atoms with Gasteiger partial charge in [-0.3, -0.25) is 19.4 Å². The van der Waals surface area contributed by atoms with Gasteiger partial charge in [-0.2, -0.15) is 0 Å². The minimum Gasteiger partial charge on any atom is -0.463 e. The van der Waals surface area contributed by atoms with Gasteiger partial charge in [-0.25, -0.2) is 4.39 Å². The Kier molecular flexibility index (Phi) is 15.7. The average molecular weight is 884 g/mol. The summed E-state index contributed by atoms with van der Waals surface area (Å²) in [7, 11) is 0. The lowest BCUT2D eigenvalue weighted by Crippen LogP contribution is -2.68. The molecule has 0 amide bonds. The summed E-state index contributed by atoms with van der Waals surface area (Å²) in [6.45, 7) is 7.30. The number of ether oxygens (including phenoxy) is 10. The van der Waals surface area contributed by atoms with E-state index < -0.39 is 103 Å². The second kappa shape index (κ2) is 21.5. The lowest BCUT2D eigenvalue weighted by molar-refractivity contribution is -0.321. The standard InChI is InChI=1S/C49H54FNO13/c1-30(52)55-29-38-40(59-31(2)53)41(60-32(3)54)39(51-25-33-21-23-37(50)24-22-33)48(61-38)62-45-43(57-27-35-17-11-7-12-18-35)42(56-26-34-15-9-6-10-16-34)44(46-47(45)64-49(4,5)63-46)58-28-36-19-13-8-14-20-36/h6-25,38-48H,26-29H2,1-5H3/t38-,39-,40-,41-,42+,43-,44+,45+,46-,47-,48-/m1/s1. The molecule has 0 bridgehead atoms. The maximum absolute atomic E-state index is 14.0. The fourth-order valence-electron chi connectivity index (χ4n) is 8.13. The van der Waals surface area contributed by atoms with E-state index in [1.165, 1.54) is 51.3 Å². The van der Waals surface area contributed by atoms with Gasteiger partial charge in [-0.05, 0) is 48.2 Å². The highest BCUT2D eigenvalue weighted by molar-refractivity contribution is 5.79. The van der Waals surface area contributed by atoms with Gasteiger partial charge in [0.1, 0.15) is 61.2 Å². The lowest BCUT2D eigenvalue weighted by Gasteiger charge is -2.49. The quantitative estimate of drug-likeness (QED) is 0.0650. The Morgan fingerprint density at radius 2 is 1.08 bits per heavy atom. The van der Waals surface area contributed by atoms with Crippen LogP contribution in [0.25, 0.3) is 0 Å². The zero-order valence-electron chi connectivity index (χ0n) is 36.4. The van der Waals surface area contributed by atoms with Crippen molar-refractivity contribution in [1.82, 2.24) is 0 Å². The number of nitrogens with zero attached hydrogens (tertiary/aromatic N) is 1. The maximum Gasteiger partial charge on any atom is 0.303 e. The van der Waals surface area contributed by atoms with Crippen LogP contribution in [0.4, 0.5) is 4.39 Å². The van der Waals surface area contributed by atoms with Crippen molar-refractivity contribution in [3.63, 3.8) is 0 Å². The van der Waals surface area contributed by atoms with Gasteiger partial charge in [0, 0.05) is 27.0 Å². The van der Waals surface area contributed by atoms with E-state index in [0.29, 0.717) is 5.56 Å². The zero-order chi connectivity index (χ0) is 45.2. The molecule has 1 aliphatic carbocycles. The Morgan fingerprint density at radius 1 is 0.609 bits per heavy atom. The number of fused-ring (bicyclic) bond motifs is 1. The van der Waals surface area contributed by atoms with Crippen LogP contribution in [-0.2, 0) is 81.6 Å². The van der Waals surface area contributed by atoms with Crippen LogP contribution >= 0.6 is 0 Å². The highest BCUT2D eigenvalue weighted by atomic mass is 19.1. The summed E-state index contributed by atoms with van der Waals surface area (Å²) in [6, 6.07) is 33.3. The third-order valence-electron chi connectivity index (χ3n) is 10.9. The van der Waals surface area contributed by atoms with E-state index in [1.807, 2.05) is 91.0 Å². The van der Waals surface area contributed by atoms with Crippen molar-refractivity contribution in [2.45, 2.75) is 127 Å². The molecule has 3 fully saturated rings. The van der Waals surface area contributed by atoms with Gasteiger partial charge in [0.05, 0.1) is 19.8 Å². The first-order valence-corrected chi connectivity index (χ1v) is 21.2. The maximum atomic E-state index is 14.0. The summed E-state index contributed by atoms with van der Waals surface area (Å²) < 4.78 is 78.8. The van der Waals surface area contributed by atoms with Gasteiger partial charge in [0.25, 0.3) is 0 Å². The number of hydrogen-bond acceptors (Lipinski definition) is 14. The van der Waals surface area contributed by atoms with Crippen molar-refractivity contribution in [3.05, 3.63) is 143 Å². The van der Waals surface area contributed by atoms with E-state index in [1.54, 1.807) is 13.8 Å². The molecule has 4 aromatic rings. The van der Waals surface area contributed by atoms with Crippen molar-refractivity contribution in [3.8, 4) is 0 Å². The molecule has 340 valence electrons. The Bertz CT molecular complexity index is 2160. The summed E-state index contributed by atoms with van der Waals surface area (Å²) in [4.78, 5) is 42.5. The second-order valence-corrected chi connectivity index (χ2v) is 16.3. The summed E-state index contributed by atoms with van der Waals surface area (Å²) in [5.74, 6) is -3.67. The van der Waals surface area contributed by atoms with Crippen LogP contribution in [-0.4, -0.2) is 104 Å². The summed E-state index contributed by atoms with van der Waals surface area (Å²) in [5, 5.41) is 0. The lowest BCUT2D eigenvalue weighted by atomic mass is 9.83. The number of hydrogen-bond donors (Lipinski definition) is 0. The fraction of sp³-hybridized carbons (Fsp3) is 0.429. The monoisotopic (exact) mass is 883 g/mol. The first-order valence-electron chi connectivity index (χ1n) is 21.2. The molecule has 14 nitrogen and oxygen atoms in total. The number of halogens is 1. The molecule has 2 heterocycles. The molecule has 15 heteroatoms. The van der Waals surface area contributed by atoms with Crippen molar-refractivity contribution >= 4 is 24.1 Å². The number of rotatable bonds is 17. The number of carbonyl (C=O) groups is 3. The minimum atomic E-state index is -1.43. The third kappa shape index (κ3) is 12.2. The molecule has 0 N–H and O–H groups in total. The molecule has 1 saturated carbocycles. The van der Waals surface area contributed by atoms with Gasteiger partial charge in [-0.1, -0.05) is 103 Å². The molecule has 11 atom stereocenters. The number of benzene rings is 4. The predicted molar refractivity (Wildman–Crippen MR) is 228 cm³/mol. The summed E-state index contributed by atoms with van der Waals surface area (Å²) in [5.41, 5.74) is 3.19. The van der Waals surface area contributed by atoms with Crippen molar-refractivity contribution in [2.75, 3.05) is 6.61 Å². The topological polar surface area (TPSA) is 156 Å². The van der Waals surface area contributed by atoms with Crippen LogP contribution in [0.2, 0.25) is 0 Å². The van der Waals surface area contributed by atoms with Gasteiger partial charge in [0.15, 0.2) is 24.3 Å². The molecule has 0 radical (unpaired) electrons. The van der Waals surface area contributed by atoms with Gasteiger partial charge >= 0.3 is 17.9 Å². The van der Waals surface area contributed by atoms with Crippen LogP contribution in [0.3, 0.4) is 0 Å². The summed E-state index contributed by atoms with van der Waals surface area (Å²) >= 11 is 0. The minimum absolute atomic E-state index is 0.126. The Morgan fingerprint density at radius 3 is 1.58 bits per heavy atom. The molecule has 0 unspecified atom stereocenters. The molecule has 2 aliphatic heterocycles. The van der Waals surface area contributed by atoms with Crippen LogP contribution in [0.15, 0.2) is 120 Å². The molecular weight excluding hydrogens is 830 g/mol. The van der Waals surface area contributed by atoms with Crippen molar-refractivity contribution in [2.24, 2.45) is 4.99 Å². The zero-order valence-corrected chi connectivity index (χ0v) is 36.4. The van der Waals surface area contributed by atoms with Crippen LogP contribution in [0.5, 0.6) is 0 Å². The SMILES string of the molecule is CC(=O)OC[C@H]1O[C@H](O[C@H]2[C@H](OCc3ccccc3)[C@H](OCc3ccccc3)[C@H](OCc3ccccc3)[C@H]3OC(C)(C)O[C@H]23)[C@H](N=Cc2ccc(F)cc2)[C@@H](OC(C)=O)[C@@H]1OC(C)=O. The first kappa shape index (κ1) is 46.6. The van der Waals surface area contributed by atoms with Gasteiger partial charge in [0.2, 0.25) is 0 Å². The van der Waals surface area contributed by atoms with Crippen LogP contribution < -0.4 is 0 Å². The first-order chi connectivity index (χ1) is 30.8. The second-order valence-electron chi connectivity index (χ2n) is 16.3. The Hall–Kier alpha value is -5.39. The highest BCUT2D eigenvalue weighted by Crippen LogP contribution is 2.44. The average Bonchev–Trinajstić information content (AvgIpc) is 3.60. The molecule has 7 rings (SSSR count). The molecule has 0 spiro atoms. The van der Waals surface area contributed by atoms with E-state index in [9.17, 15) is 18.8 Å². The molecule has 64 heavy (non-hydrogen) atoms. The normalized spacial score (nSPS) is 28.6. The molecule has 2 saturated heterocycles. The van der Waals surface area contributed by atoms with Gasteiger partial charge < -0.3 is 47.4 Å². The smallest absolute Gasteiger partial charge is 0.303 e. The molecular formula is C49H54FNO13. The molecule has 0 aromatic heterocycles. The van der Waals surface area contributed by atoms with Crippen molar-refractivity contribution < 1.29 is 66.1 Å². The van der Waals surface area contributed by atoms with Crippen LogP contribution in [0, 0.1) is 5.82 Å². The fourth-order valence-corrected chi connectivity index (χ4v) is 8.13. The third-order valence-corrected chi connectivity index (χ3v) is 10.9. The highest BCUT2D eigenvalue weighted by Gasteiger charge is 2.62. The van der Waals surface area contributed by atoms with E-state index in [0.717, 1.165) is 16.7 Å². The van der Waals surface area contributed by atoms with E-state index in [2.05, 4.69) is 0 Å².